The number of amides is 1. The van der Waals surface area contributed by atoms with Crippen LogP contribution in [0.2, 0.25) is 5.02 Å². The molecule has 0 aliphatic heterocycles. The standard InChI is InChI=1S/C16H21BrClNO2/c1-15(2)5-7-16(21,8-6-15)10-19-14(20)11-3-4-12(17)13(18)9-11/h3-4,9,21H,5-8,10H2,1-2H3,(H,19,20). The first kappa shape index (κ1) is 16.8. The van der Waals surface area contributed by atoms with Crippen molar-refractivity contribution in [2.75, 3.05) is 6.54 Å². The van der Waals surface area contributed by atoms with Crippen LogP contribution < -0.4 is 5.32 Å². The zero-order chi connectivity index (χ0) is 15.7. The first-order chi connectivity index (χ1) is 9.71. The third-order valence-corrected chi connectivity index (χ3v) is 5.53. The Kier molecular flexibility index (Phi) is 5.01. The van der Waals surface area contributed by atoms with Crippen molar-refractivity contribution in [3.8, 4) is 0 Å². The highest BCUT2D eigenvalue weighted by molar-refractivity contribution is 9.10. The lowest BCUT2D eigenvalue weighted by atomic mass is 9.71. The molecule has 1 amide bonds. The minimum Gasteiger partial charge on any atom is -0.388 e. The van der Waals surface area contributed by atoms with Crippen LogP contribution in [0.15, 0.2) is 22.7 Å². The lowest BCUT2D eigenvalue weighted by Crippen LogP contribution is -2.46. The number of halogens is 2. The molecule has 0 bridgehead atoms. The first-order valence-corrected chi connectivity index (χ1v) is 8.34. The molecule has 1 fully saturated rings. The lowest BCUT2D eigenvalue weighted by Gasteiger charge is -2.40. The predicted molar refractivity (Wildman–Crippen MR) is 88.7 cm³/mol. The summed E-state index contributed by atoms with van der Waals surface area (Å²) in [4.78, 5) is 12.1. The Labute approximate surface area is 139 Å². The van der Waals surface area contributed by atoms with Crippen LogP contribution in [0.1, 0.15) is 49.9 Å². The van der Waals surface area contributed by atoms with Crippen LogP contribution in [0.3, 0.4) is 0 Å². The molecule has 2 N–H and O–H groups in total. The number of carbonyl (C=O) groups excluding carboxylic acids is 1. The van der Waals surface area contributed by atoms with Gasteiger partial charge in [0.15, 0.2) is 0 Å². The van der Waals surface area contributed by atoms with Crippen molar-refractivity contribution >= 4 is 33.4 Å². The third-order valence-electron chi connectivity index (χ3n) is 4.29. The van der Waals surface area contributed by atoms with Gasteiger partial charge in [-0.2, -0.15) is 0 Å². The van der Waals surface area contributed by atoms with Gasteiger partial charge in [-0.1, -0.05) is 25.4 Å². The summed E-state index contributed by atoms with van der Waals surface area (Å²) in [7, 11) is 0. The average Bonchev–Trinajstić information content (AvgIpc) is 2.43. The van der Waals surface area contributed by atoms with Gasteiger partial charge in [0.25, 0.3) is 5.91 Å². The van der Waals surface area contributed by atoms with E-state index in [2.05, 4.69) is 35.1 Å². The molecule has 1 saturated carbocycles. The lowest BCUT2D eigenvalue weighted by molar-refractivity contribution is -0.0233. The minimum absolute atomic E-state index is 0.206. The normalized spacial score (nSPS) is 20.0. The van der Waals surface area contributed by atoms with E-state index in [0.717, 1.165) is 30.2 Å². The molecule has 2 rings (SSSR count). The summed E-state index contributed by atoms with van der Waals surface area (Å²) in [6, 6.07) is 5.07. The number of hydrogen-bond acceptors (Lipinski definition) is 2. The van der Waals surface area contributed by atoms with Crippen LogP contribution >= 0.6 is 27.5 Å². The number of aliphatic hydroxyl groups is 1. The molecule has 1 aliphatic rings. The molecule has 0 radical (unpaired) electrons. The average molecular weight is 375 g/mol. The van der Waals surface area contributed by atoms with E-state index in [9.17, 15) is 9.90 Å². The van der Waals surface area contributed by atoms with E-state index in [4.69, 9.17) is 11.6 Å². The highest BCUT2D eigenvalue weighted by Crippen LogP contribution is 2.39. The summed E-state index contributed by atoms with van der Waals surface area (Å²) in [6.45, 7) is 4.72. The molecule has 5 heteroatoms. The number of carbonyl (C=O) groups is 1. The fraction of sp³-hybridized carbons (Fsp3) is 0.562. The van der Waals surface area contributed by atoms with Crippen molar-refractivity contribution in [3.63, 3.8) is 0 Å². The Morgan fingerprint density at radius 2 is 1.95 bits per heavy atom. The molecule has 1 aromatic rings. The number of hydrogen-bond donors (Lipinski definition) is 2. The zero-order valence-electron chi connectivity index (χ0n) is 12.4. The molecule has 0 aromatic heterocycles. The van der Waals surface area contributed by atoms with E-state index >= 15 is 0 Å². The van der Waals surface area contributed by atoms with Crippen molar-refractivity contribution in [2.45, 2.75) is 45.1 Å². The molecule has 116 valence electrons. The van der Waals surface area contributed by atoms with E-state index in [1.54, 1.807) is 18.2 Å². The summed E-state index contributed by atoms with van der Waals surface area (Å²) in [5.74, 6) is -0.206. The van der Waals surface area contributed by atoms with Gasteiger partial charge in [0.1, 0.15) is 0 Å². The molecule has 0 unspecified atom stereocenters. The van der Waals surface area contributed by atoms with Crippen LogP contribution in [-0.2, 0) is 0 Å². The van der Waals surface area contributed by atoms with E-state index in [0.29, 0.717) is 10.6 Å². The van der Waals surface area contributed by atoms with Gasteiger partial charge in [-0.15, -0.1) is 0 Å². The Morgan fingerprint density at radius 3 is 2.52 bits per heavy atom. The van der Waals surface area contributed by atoms with Crippen molar-refractivity contribution in [3.05, 3.63) is 33.3 Å². The van der Waals surface area contributed by atoms with Crippen molar-refractivity contribution < 1.29 is 9.90 Å². The van der Waals surface area contributed by atoms with Gasteiger partial charge in [0, 0.05) is 16.6 Å². The van der Waals surface area contributed by atoms with Crippen LogP contribution in [0, 0.1) is 5.41 Å². The summed E-state index contributed by atoms with van der Waals surface area (Å²) >= 11 is 9.28. The smallest absolute Gasteiger partial charge is 0.251 e. The summed E-state index contributed by atoms with van der Waals surface area (Å²) < 4.78 is 0.758. The van der Waals surface area contributed by atoms with Crippen LogP contribution in [0.5, 0.6) is 0 Å². The second-order valence-electron chi connectivity index (χ2n) is 6.70. The van der Waals surface area contributed by atoms with Crippen molar-refractivity contribution in [1.29, 1.82) is 0 Å². The van der Waals surface area contributed by atoms with Crippen molar-refractivity contribution in [2.24, 2.45) is 5.41 Å². The topological polar surface area (TPSA) is 49.3 Å². The molecular formula is C16H21BrClNO2. The fourth-order valence-electron chi connectivity index (χ4n) is 2.55. The monoisotopic (exact) mass is 373 g/mol. The summed E-state index contributed by atoms with van der Waals surface area (Å²) in [5.41, 5.74) is 0.00253. The van der Waals surface area contributed by atoms with Gasteiger partial charge in [0.2, 0.25) is 0 Å². The second-order valence-corrected chi connectivity index (χ2v) is 7.96. The van der Waals surface area contributed by atoms with Gasteiger partial charge >= 0.3 is 0 Å². The zero-order valence-corrected chi connectivity index (χ0v) is 14.7. The Balaban J connectivity index is 1.93. The highest BCUT2D eigenvalue weighted by Gasteiger charge is 2.36. The Morgan fingerprint density at radius 1 is 1.33 bits per heavy atom. The maximum atomic E-state index is 12.1. The minimum atomic E-state index is -0.787. The second kappa shape index (κ2) is 6.27. The molecule has 21 heavy (non-hydrogen) atoms. The van der Waals surface area contributed by atoms with Gasteiger partial charge in [-0.3, -0.25) is 4.79 Å². The predicted octanol–water partition coefficient (Wildman–Crippen LogP) is 4.16. The van der Waals surface area contributed by atoms with Crippen LogP contribution in [0.25, 0.3) is 0 Å². The molecule has 0 heterocycles. The molecule has 0 atom stereocenters. The molecule has 0 saturated heterocycles. The van der Waals surface area contributed by atoms with Gasteiger partial charge in [0.05, 0.1) is 10.6 Å². The first-order valence-electron chi connectivity index (χ1n) is 7.17. The molecule has 1 aliphatic carbocycles. The molecule has 3 nitrogen and oxygen atoms in total. The molecule has 1 aromatic carbocycles. The van der Waals surface area contributed by atoms with Gasteiger partial charge < -0.3 is 10.4 Å². The van der Waals surface area contributed by atoms with E-state index in [1.807, 2.05) is 0 Å². The number of nitrogens with one attached hydrogen (secondary N) is 1. The van der Waals surface area contributed by atoms with Crippen molar-refractivity contribution in [1.82, 2.24) is 5.32 Å². The summed E-state index contributed by atoms with van der Waals surface area (Å²) in [5, 5.41) is 13.9. The fourth-order valence-corrected chi connectivity index (χ4v) is 2.98. The van der Waals surface area contributed by atoms with Crippen LogP contribution in [-0.4, -0.2) is 23.2 Å². The molecule has 0 spiro atoms. The third kappa shape index (κ3) is 4.44. The largest absolute Gasteiger partial charge is 0.388 e. The van der Waals surface area contributed by atoms with Crippen LogP contribution in [0.4, 0.5) is 0 Å². The SMILES string of the molecule is CC1(C)CCC(O)(CNC(=O)c2ccc(Br)c(Cl)c2)CC1. The number of rotatable bonds is 3. The van der Waals surface area contributed by atoms with E-state index in [-0.39, 0.29) is 17.9 Å². The maximum Gasteiger partial charge on any atom is 0.251 e. The highest BCUT2D eigenvalue weighted by atomic mass is 79.9. The van der Waals surface area contributed by atoms with Gasteiger partial charge in [-0.25, -0.2) is 0 Å². The molecular weight excluding hydrogens is 354 g/mol. The Bertz CT molecular complexity index is 535. The Hall–Kier alpha value is -0.580. The number of benzene rings is 1. The van der Waals surface area contributed by atoms with E-state index < -0.39 is 5.60 Å². The maximum absolute atomic E-state index is 12.1. The quantitative estimate of drug-likeness (QED) is 0.834. The summed E-state index contributed by atoms with van der Waals surface area (Å²) in [6.07, 6.45) is 3.40. The van der Waals surface area contributed by atoms with Gasteiger partial charge in [-0.05, 0) is 65.2 Å². The van der Waals surface area contributed by atoms with E-state index in [1.165, 1.54) is 0 Å².